The number of amides is 1. The van der Waals surface area contributed by atoms with Crippen LogP contribution in [-0.2, 0) is 13.0 Å². The monoisotopic (exact) mass is 447 g/mol. The number of ether oxygens (including phenoxy) is 2. The number of carbonyl (C=O) groups excluding carboxylic acids is 1. The number of benzene rings is 3. The second-order valence-electron chi connectivity index (χ2n) is 7.53. The van der Waals surface area contributed by atoms with Crippen LogP contribution in [0.3, 0.4) is 0 Å². The second-order valence-corrected chi connectivity index (χ2v) is 7.53. The van der Waals surface area contributed by atoms with Crippen molar-refractivity contribution in [2.24, 2.45) is 0 Å². The first kappa shape index (κ1) is 22.3. The average Bonchev–Trinajstić information content (AvgIpc) is 3.19. The van der Waals surface area contributed by atoms with Crippen molar-refractivity contribution in [1.82, 2.24) is 14.9 Å². The molecule has 0 saturated heterocycles. The molecule has 0 aliphatic rings. The number of aryl methyl sites for hydroxylation is 1. The number of carbonyl (C=O) groups is 1. The molecule has 0 atom stereocenters. The lowest BCUT2D eigenvalue weighted by Crippen LogP contribution is -2.26. The van der Waals surface area contributed by atoms with Crippen LogP contribution in [0.1, 0.15) is 22.6 Å². The number of fused-ring (bicyclic) bond motifs is 1. The summed E-state index contributed by atoms with van der Waals surface area (Å²) in [7, 11) is 1.63. The molecule has 6 nitrogen and oxygen atoms in total. The van der Waals surface area contributed by atoms with E-state index >= 15 is 0 Å². The first-order valence-corrected chi connectivity index (χ1v) is 10.9. The van der Waals surface area contributed by atoms with Crippen LogP contribution in [0.15, 0.2) is 72.8 Å². The third kappa shape index (κ3) is 5.49. The van der Waals surface area contributed by atoms with Crippen molar-refractivity contribution in [2.75, 3.05) is 20.3 Å². The Morgan fingerprint density at radius 1 is 1.00 bits per heavy atom. The molecule has 1 heterocycles. The molecule has 0 bridgehead atoms. The first-order chi connectivity index (χ1) is 16.2. The topological polar surface area (TPSA) is 65.4 Å². The van der Waals surface area contributed by atoms with Crippen LogP contribution in [0, 0.1) is 5.82 Å². The van der Waals surface area contributed by atoms with Gasteiger partial charge in [0.1, 0.15) is 11.6 Å². The van der Waals surface area contributed by atoms with E-state index in [2.05, 4.69) is 9.88 Å². The molecule has 1 amide bonds. The minimum Gasteiger partial charge on any atom is -0.493 e. The zero-order valence-corrected chi connectivity index (χ0v) is 18.5. The minimum absolute atomic E-state index is 0.233. The van der Waals surface area contributed by atoms with Crippen molar-refractivity contribution in [2.45, 2.75) is 19.4 Å². The van der Waals surface area contributed by atoms with Gasteiger partial charge in [-0.2, -0.15) is 0 Å². The maximum atomic E-state index is 13.1. The van der Waals surface area contributed by atoms with Gasteiger partial charge < -0.3 is 19.4 Å². The molecule has 0 aliphatic carbocycles. The van der Waals surface area contributed by atoms with Crippen molar-refractivity contribution >= 4 is 16.9 Å². The number of imidazole rings is 1. The Balaban J connectivity index is 1.38. The number of hydrogen-bond acceptors (Lipinski definition) is 4. The van der Waals surface area contributed by atoms with E-state index in [0.29, 0.717) is 30.9 Å². The molecular weight excluding hydrogens is 421 g/mol. The lowest BCUT2D eigenvalue weighted by molar-refractivity contribution is 0.0954. The van der Waals surface area contributed by atoms with Gasteiger partial charge in [-0.1, -0.05) is 24.3 Å². The van der Waals surface area contributed by atoms with Crippen molar-refractivity contribution in [3.63, 3.8) is 0 Å². The Hall–Kier alpha value is -3.87. The van der Waals surface area contributed by atoms with Gasteiger partial charge in [0.2, 0.25) is 0 Å². The van der Waals surface area contributed by atoms with Crippen LogP contribution in [-0.4, -0.2) is 35.7 Å². The summed E-state index contributed by atoms with van der Waals surface area (Å²) in [6, 6.07) is 21.1. The zero-order chi connectivity index (χ0) is 23.0. The molecular formula is C26H26FN3O3. The highest BCUT2D eigenvalue weighted by Crippen LogP contribution is 2.26. The SMILES string of the molecule is COc1ccccc1OCCCn1c(CCNC(=O)c2ccc(F)cc2)nc2ccccc21. The van der Waals surface area contributed by atoms with Crippen LogP contribution >= 0.6 is 0 Å². The van der Waals surface area contributed by atoms with Gasteiger partial charge >= 0.3 is 0 Å². The van der Waals surface area contributed by atoms with Gasteiger partial charge in [-0.25, -0.2) is 9.37 Å². The highest BCUT2D eigenvalue weighted by molar-refractivity contribution is 5.94. The van der Waals surface area contributed by atoms with Crippen LogP contribution < -0.4 is 14.8 Å². The molecule has 0 fully saturated rings. The van der Waals surface area contributed by atoms with E-state index < -0.39 is 0 Å². The Morgan fingerprint density at radius 3 is 2.52 bits per heavy atom. The van der Waals surface area contributed by atoms with Crippen molar-refractivity contribution < 1.29 is 18.7 Å². The van der Waals surface area contributed by atoms with Crippen molar-refractivity contribution in [3.8, 4) is 11.5 Å². The van der Waals surface area contributed by atoms with Crippen LogP contribution in [0.4, 0.5) is 4.39 Å². The molecule has 0 unspecified atom stereocenters. The van der Waals surface area contributed by atoms with Gasteiger partial charge in [-0.15, -0.1) is 0 Å². The summed E-state index contributed by atoms with van der Waals surface area (Å²) in [6.07, 6.45) is 1.36. The van der Waals surface area contributed by atoms with Gasteiger partial charge in [-0.3, -0.25) is 4.79 Å². The molecule has 3 aromatic carbocycles. The predicted molar refractivity (Wildman–Crippen MR) is 125 cm³/mol. The van der Waals surface area contributed by atoms with Gasteiger partial charge in [0.05, 0.1) is 24.8 Å². The molecule has 170 valence electrons. The Morgan fingerprint density at radius 2 is 1.73 bits per heavy atom. The molecule has 1 N–H and O–H groups in total. The van der Waals surface area contributed by atoms with Gasteiger partial charge in [-0.05, 0) is 55.0 Å². The summed E-state index contributed by atoms with van der Waals surface area (Å²) < 4.78 is 26.5. The number of para-hydroxylation sites is 4. The summed E-state index contributed by atoms with van der Waals surface area (Å²) in [5.41, 5.74) is 2.40. The Kier molecular flexibility index (Phi) is 7.19. The lowest BCUT2D eigenvalue weighted by Gasteiger charge is -2.12. The fourth-order valence-corrected chi connectivity index (χ4v) is 3.70. The van der Waals surface area contributed by atoms with E-state index in [1.165, 1.54) is 24.3 Å². The number of halogens is 1. The minimum atomic E-state index is -0.366. The largest absolute Gasteiger partial charge is 0.493 e. The Labute approximate surface area is 192 Å². The molecule has 4 aromatic rings. The average molecular weight is 448 g/mol. The summed E-state index contributed by atoms with van der Waals surface area (Å²) >= 11 is 0. The molecule has 0 aliphatic heterocycles. The maximum absolute atomic E-state index is 13.1. The third-order valence-corrected chi connectivity index (χ3v) is 5.33. The number of methoxy groups -OCH3 is 1. The van der Waals surface area contributed by atoms with Crippen LogP contribution in [0.25, 0.3) is 11.0 Å². The first-order valence-electron chi connectivity index (χ1n) is 10.9. The molecule has 33 heavy (non-hydrogen) atoms. The van der Waals surface area contributed by atoms with Crippen molar-refractivity contribution in [3.05, 3.63) is 90.0 Å². The molecule has 0 radical (unpaired) electrons. The summed E-state index contributed by atoms with van der Waals surface area (Å²) in [5.74, 6) is 1.73. The lowest BCUT2D eigenvalue weighted by atomic mass is 10.2. The van der Waals surface area contributed by atoms with Crippen LogP contribution in [0.2, 0.25) is 0 Å². The smallest absolute Gasteiger partial charge is 0.251 e. The second kappa shape index (κ2) is 10.6. The van der Waals surface area contributed by atoms with E-state index in [1.54, 1.807) is 7.11 Å². The number of hydrogen-bond donors (Lipinski definition) is 1. The van der Waals surface area contributed by atoms with Gasteiger partial charge in [0.25, 0.3) is 5.91 Å². The molecule has 0 saturated carbocycles. The zero-order valence-electron chi connectivity index (χ0n) is 18.5. The number of aromatic nitrogens is 2. The quantitative estimate of drug-likeness (QED) is 0.360. The summed E-state index contributed by atoms with van der Waals surface area (Å²) in [4.78, 5) is 17.1. The van der Waals surface area contributed by atoms with Gasteiger partial charge in [0.15, 0.2) is 11.5 Å². The molecule has 0 spiro atoms. The number of rotatable bonds is 10. The standard InChI is InChI=1S/C26H26FN3O3/c1-32-23-9-4-5-10-24(23)33-18-6-17-30-22-8-3-2-7-21(22)29-25(30)15-16-28-26(31)19-11-13-20(27)14-12-19/h2-5,7-14H,6,15-18H2,1H3,(H,28,31). The van der Waals surface area contributed by atoms with Crippen molar-refractivity contribution in [1.29, 1.82) is 0 Å². The van der Waals surface area contributed by atoms with Crippen LogP contribution in [0.5, 0.6) is 11.5 Å². The molecule has 7 heteroatoms. The normalized spacial score (nSPS) is 10.8. The summed E-state index contributed by atoms with van der Waals surface area (Å²) in [6.45, 7) is 1.70. The highest BCUT2D eigenvalue weighted by atomic mass is 19.1. The maximum Gasteiger partial charge on any atom is 0.251 e. The van der Waals surface area contributed by atoms with Gasteiger partial charge in [0, 0.05) is 25.1 Å². The van der Waals surface area contributed by atoms with E-state index in [9.17, 15) is 9.18 Å². The number of nitrogens with zero attached hydrogens (tertiary/aromatic N) is 2. The third-order valence-electron chi connectivity index (χ3n) is 5.33. The number of nitrogens with one attached hydrogen (secondary N) is 1. The van der Waals surface area contributed by atoms with E-state index in [0.717, 1.165) is 35.6 Å². The van der Waals surface area contributed by atoms with E-state index in [4.69, 9.17) is 14.5 Å². The fraction of sp³-hybridized carbons (Fsp3) is 0.231. The summed E-state index contributed by atoms with van der Waals surface area (Å²) in [5, 5.41) is 2.89. The van der Waals surface area contributed by atoms with E-state index in [1.807, 2.05) is 48.5 Å². The highest BCUT2D eigenvalue weighted by Gasteiger charge is 2.12. The molecule has 1 aromatic heterocycles. The Bertz CT molecular complexity index is 1220. The fourth-order valence-electron chi connectivity index (χ4n) is 3.70. The predicted octanol–water partition coefficient (Wildman–Crippen LogP) is 4.63. The molecule has 4 rings (SSSR count). The van der Waals surface area contributed by atoms with E-state index in [-0.39, 0.29) is 11.7 Å².